The third-order valence-electron chi connectivity index (χ3n) is 5.79. The minimum atomic E-state index is -0.424. The zero-order valence-corrected chi connectivity index (χ0v) is 15.5. The molecule has 2 aromatic rings. The van der Waals surface area contributed by atoms with Crippen LogP contribution in [0.1, 0.15) is 31.2 Å². The number of aromatic nitrogens is 2. The van der Waals surface area contributed by atoms with Gasteiger partial charge in [0.25, 0.3) is 0 Å². The van der Waals surface area contributed by atoms with Crippen LogP contribution < -0.4 is 9.80 Å². The van der Waals surface area contributed by atoms with E-state index in [0.29, 0.717) is 12.5 Å². The Morgan fingerprint density at radius 2 is 1.85 bits per heavy atom. The van der Waals surface area contributed by atoms with Crippen molar-refractivity contribution in [3.63, 3.8) is 0 Å². The molecule has 0 bridgehead atoms. The highest BCUT2D eigenvalue weighted by Gasteiger charge is 2.37. The van der Waals surface area contributed by atoms with Crippen molar-refractivity contribution in [1.29, 1.82) is 5.26 Å². The Hall–Kier alpha value is -2.65. The third kappa shape index (κ3) is 3.60. The van der Waals surface area contributed by atoms with E-state index in [1.54, 1.807) is 6.20 Å². The van der Waals surface area contributed by atoms with Crippen LogP contribution in [0.15, 0.2) is 42.6 Å². The fourth-order valence-corrected chi connectivity index (χ4v) is 4.14. The van der Waals surface area contributed by atoms with Gasteiger partial charge in [0.05, 0.1) is 17.6 Å². The Bertz CT molecular complexity index is 811. The normalized spacial score (nSPS) is 22.3. The zero-order valence-electron chi connectivity index (χ0n) is 15.5. The van der Waals surface area contributed by atoms with Crippen molar-refractivity contribution in [2.24, 2.45) is 0 Å². The fraction of sp³-hybridized carbons (Fsp3) is 0.476. The summed E-state index contributed by atoms with van der Waals surface area (Å²) in [7, 11) is 0. The summed E-state index contributed by atoms with van der Waals surface area (Å²) in [6.45, 7) is 3.06. The van der Waals surface area contributed by atoms with Gasteiger partial charge in [0.2, 0.25) is 5.95 Å². The summed E-state index contributed by atoms with van der Waals surface area (Å²) in [6.07, 6.45) is 4.88. The summed E-state index contributed by atoms with van der Waals surface area (Å²) in [5, 5.41) is 19.8. The molecule has 0 amide bonds. The summed E-state index contributed by atoms with van der Waals surface area (Å²) in [4.78, 5) is 13.5. The molecule has 2 aliphatic heterocycles. The molecule has 0 saturated carbocycles. The van der Waals surface area contributed by atoms with Crippen molar-refractivity contribution < 1.29 is 5.11 Å². The summed E-state index contributed by atoms with van der Waals surface area (Å²) in [5.74, 6) is 1.59. The zero-order chi connectivity index (χ0) is 18.7. The molecule has 1 aromatic heterocycles. The van der Waals surface area contributed by atoms with Gasteiger partial charge in [-0.3, -0.25) is 0 Å². The molecule has 1 atom stereocenters. The molecule has 1 N–H and O–H groups in total. The van der Waals surface area contributed by atoms with Gasteiger partial charge < -0.3 is 14.9 Å². The molecule has 2 saturated heterocycles. The molecular weight excluding hydrogens is 338 g/mol. The Kier molecular flexibility index (Phi) is 4.95. The number of benzene rings is 1. The molecular formula is C21H25N5O. The monoisotopic (exact) mass is 363 g/mol. The van der Waals surface area contributed by atoms with Crippen LogP contribution in [0.4, 0.5) is 11.8 Å². The predicted molar refractivity (Wildman–Crippen MR) is 105 cm³/mol. The van der Waals surface area contributed by atoms with E-state index in [-0.39, 0.29) is 6.10 Å². The lowest BCUT2D eigenvalue weighted by Gasteiger charge is -2.38. The highest BCUT2D eigenvalue weighted by molar-refractivity contribution is 5.45. The van der Waals surface area contributed by atoms with Gasteiger partial charge in [-0.15, -0.1) is 0 Å². The van der Waals surface area contributed by atoms with E-state index in [1.807, 2.05) is 24.3 Å². The molecule has 140 valence electrons. The number of hydrogen-bond acceptors (Lipinski definition) is 6. The first-order chi connectivity index (χ1) is 13.2. The second-order valence-corrected chi connectivity index (χ2v) is 7.50. The van der Waals surface area contributed by atoms with Gasteiger partial charge in [0.1, 0.15) is 5.82 Å². The van der Waals surface area contributed by atoms with Crippen LogP contribution in [0.2, 0.25) is 0 Å². The molecule has 6 nitrogen and oxygen atoms in total. The number of piperidine rings is 2. The third-order valence-corrected chi connectivity index (χ3v) is 5.79. The van der Waals surface area contributed by atoms with Gasteiger partial charge in [0, 0.05) is 32.4 Å². The molecule has 1 aromatic carbocycles. The van der Waals surface area contributed by atoms with E-state index < -0.39 is 5.41 Å². The number of anilines is 2. The first kappa shape index (κ1) is 17.7. The summed E-state index contributed by atoms with van der Waals surface area (Å²) in [5.41, 5.74) is 0.677. The maximum Gasteiger partial charge on any atom is 0.227 e. The van der Waals surface area contributed by atoms with Crippen LogP contribution in [0, 0.1) is 11.3 Å². The van der Waals surface area contributed by atoms with Crippen molar-refractivity contribution in [1.82, 2.24) is 9.97 Å². The lowest BCUT2D eigenvalue weighted by atomic mass is 9.74. The summed E-state index contributed by atoms with van der Waals surface area (Å²) in [6, 6.07) is 14.6. The van der Waals surface area contributed by atoms with E-state index in [9.17, 15) is 10.4 Å². The topological polar surface area (TPSA) is 76.3 Å². The molecule has 1 unspecified atom stereocenters. The Morgan fingerprint density at radius 1 is 1.07 bits per heavy atom. The van der Waals surface area contributed by atoms with Crippen molar-refractivity contribution in [3.8, 4) is 6.07 Å². The second kappa shape index (κ2) is 7.53. The Labute approximate surface area is 160 Å². The largest absolute Gasteiger partial charge is 0.391 e. The maximum absolute atomic E-state index is 9.93. The number of aliphatic hydroxyl groups excluding tert-OH is 1. The Morgan fingerprint density at radius 3 is 2.56 bits per heavy atom. The van der Waals surface area contributed by atoms with Crippen LogP contribution in [0.25, 0.3) is 0 Å². The lowest BCUT2D eigenvalue weighted by molar-refractivity contribution is 0.154. The number of hydrogen-bond donors (Lipinski definition) is 1. The predicted octanol–water partition coefficient (Wildman–Crippen LogP) is 2.50. The van der Waals surface area contributed by atoms with E-state index in [4.69, 9.17) is 4.98 Å². The van der Waals surface area contributed by atoms with Gasteiger partial charge in [-0.25, -0.2) is 4.98 Å². The maximum atomic E-state index is 9.93. The highest BCUT2D eigenvalue weighted by atomic mass is 16.3. The van der Waals surface area contributed by atoms with Gasteiger partial charge in [0.15, 0.2) is 0 Å². The van der Waals surface area contributed by atoms with Crippen LogP contribution in [0.5, 0.6) is 0 Å². The van der Waals surface area contributed by atoms with Crippen molar-refractivity contribution >= 4 is 11.8 Å². The van der Waals surface area contributed by atoms with Crippen LogP contribution in [-0.2, 0) is 5.41 Å². The average Bonchev–Trinajstić information content (AvgIpc) is 2.74. The first-order valence-corrected chi connectivity index (χ1v) is 9.68. The van der Waals surface area contributed by atoms with E-state index in [1.165, 1.54) is 0 Å². The van der Waals surface area contributed by atoms with Crippen molar-refractivity contribution in [2.45, 2.75) is 37.2 Å². The molecule has 6 heteroatoms. The fourth-order valence-electron chi connectivity index (χ4n) is 4.14. The highest BCUT2D eigenvalue weighted by Crippen LogP contribution is 2.35. The van der Waals surface area contributed by atoms with E-state index in [2.05, 4.69) is 33.0 Å². The molecule has 27 heavy (non-hydrogen) atoms. The van der Waals surface area contributed by atoms with Crippen LogP contribution in [-0.4, -0.2) is 47.4 Å². The molecule has 3 heterocycles. The minimum absolute atomic E-state index is 0.283. The van der Waals surface area contributed by atoms with Gasteiger partial charge in [-0.1, -0.05) is 30.3 Å². The number of β-amino-alcohol motifs (C(OH)–C–C–N with tert-alkyl or cyclic N) is 1. The molecule has 2 fully saturated rings. The lowest BCUT2D eigenvalue weighted by Crippen LogP contribution is -2.43. The van der Waals surface area contributed by atoms with Crippen molar-refractivity contribution in [2.75, 3.05) is 36.0 Å². The SMILES string of the molecule is N#CC1(c2ccccc2)CCN(c2nccc(N3CCCC(O)C3)n2)CC1. The average molecular weight is 363 g/mol. The summed E-state index contributed by atoms with van der Waals surface area (Å²) >= 11 is 0. The number of nitrogens with zero attached hydrogens (tertiary/aromatic N) is 5. The number of nitriles is 1. The van der Waals surface area contributed by atoms with Gasteiger partial charge >= 0.3 is 0 Å². The van der Waals surface area contributed by atoms with Gasteiger partial charge in [-0.2, -0.15) is 10.2 Å². The summed E-state index contributed by atoms with van der Waals surface area (Å²) < 4.78 is 0. The smallest absolute Gasteiger partial charge is 0.227 e. The minimum Gasteiger partial charge on any atom is -0.391 e. The second-order valence-electron chi connectivity index (χ2n) is 7.50. The van der Waals surface area contributed by atoms with Crippen molar-refractivity contribution in [3.05, 3.63) is 48.2 Å². The number of rotatable bonds is 3. The molecule has 0 radical (unpaired) electrons. The quantitative estimate of drug-likeness (QED) is 0.903. The van der Waals surface area contributed by atoms with Gasteiger partial charge in [-0.05, 0) is 37.3 Å². The van der Waals surface area contributed by atoms with E-state index >= 15 is 0 Å². The van der Waals surface area contributed by atoms with Crippen LogP contribution >= 0.6 is 0 Å². The molecule has 0 aliphatic carbocycles. The molecule has 4 rings (SSSR count). The standard InChI is InChI=1S/C21H25N5O/c22-16-21(17-5-2-1-3-6-17)9-13-25(14-10-21)20-23-11-8-19(24-20)26-12-4-7-18(27)15-26/h1-3,5-6,8,11,18,27H,4,7,9-10,12-15H2. The van der Waals surface area contributed by atoms with Crippen LogP contribution in [0.3, 0.4) is 0 Å². The molecule has 0 spiro atoms. The van der Waals surface area contributed by atoms with E-state index in [0.717, 1.165) is 56.7 Å². The molecule has 2 aliphatic rings. The Balaban J connectivity index is 1.48. The first-order valence-electron chi connectivity index (χ1n) is 9.68. The number of aliphatic hydroxyl groups is 1.